The summed E-state index contributed by atoms with van der Waals surface area (Å²) in [7, 11) is 0. The van der Waals surface area contributed by atoms with E-state index in [0.717, 1.165) is 35.4 Å². The SMILES string of the molecule is [C-]#[N+]c1c(C)cc(Oc2c(C)nn(CC(=O)OCC)c2C2CC2)cc1C. The fraction of sp³-hybridized carbons (Fsp3) is 0.450. The minimum absolute atomic E-state index is 0.0958. The molecule has 0 spiro atoms. The molecule has 0 aliphatic heterocycles. The Kier molecular flexibility index (Phi) is 4.99. The second-order valence-electron chi connectivity index (χ2n) is 6.66. The van der Waals surface area contributed by atoms with E-state index in [9.17, 15) is 4.79 Å². The van der Waals surface area contributed by atoms with Gasteiger partial charge in [-0.05, 0) is 63.8 Å². The lowest BCUT2D eigenvalue weighted by Crippen LogP contribution is -2.16. The maximum absolute atomic E-state index is 11.9. The molecule has 0 atom stereocenters. The number of nitrogens with zero attached hydrogens (tertiary/aromatic N) is 3. The van der Waals surface area contributed by atoms with Crippen LogP contribution in [0.1, 0.15) is 48.2 Å². The zero-order chi connectivity index (χ0) is 18.8. The molecule has 0 unspecified atom stereocenters. The Balaban J connectivity index is 1.94. The largest absolute Gasteiger partial charge is 0.465 e. The lowest BCUT2D eigenvalue weighted by molar-refractivity contribution is -0.144. The Morgan fingerprint density at radius 3 is 2.50 bits per heavy atom. The standard InChI is InChI=1S/C20H23N3O3/c1-6-25-17(24)11-23-19(15-7-8-15)20(14(4)22-23)26-16-9-12(2)18(21-5)13(3)10-16/h9-10,15H,6-8,11H2,1-4H3. The summed E-state index contributed by atoms with van der Waals surface area (Å²) in [6.45, 7) is 15.2. The molecule has 0 radical (unpaired) electrons. The molecule has 1 aromatic heterocycles. The van der Waals surface area contributed by atoms with E-state index in [1.807, 2.05) is 32.9 Å². The summed E-state index contributed by atoms with van der Waals surface area (Å²) in [5.74, 6) is 1.47. The van der Waals surface area contributed by atoms with Crippen molar-refractivity contribution in [3.63, 3.8) is 0 Å². The Morgan fingerprint density at radius 1 is 1.31 bits per heavy atom. The monoisotopic (exact) mass is 353 g/mol. The predicted octanol–water partition coefficient (Wildman–Crippen LogP) is 4.59. The number of carbonyl (C=O) groups excluding carboxylic acids is 1. The number of aryl methyl sites for hydroxylation is 3. The Morgan fingerprint density at radius 2 is 1.96 bits per heavy atom. The van der Waals surface area contributed by atoms with Crippen molar-refractivity contribution in [1.82, 2.24) is 9.78 Å². The van der Waals surface area contributed by atoms with Gasteiger partial charge >= 0.3 is 5.97 Å². The van der Waals surface area contributed by atoms with Crippen LogP contribution in [0, 0.1) is 27.3 Å². The third kappa shape index (κ3) is 3.57. The van der Waals surface area contributed by atoms with Gasteiger partial charge in [-0.15, -0.1) is 0 Å². The molecule has 6 heteroatoms. The number of esters is 1. The van der Waals surface area contributed by atoms with Crippen molar-refractivity contribution in [2.24, 2.45) is 0 Å². The Labute approximate surface area is 153 Å². The van der Waals surface area contributed by atoms with Crippen molar-refractivity contribution < 1.29 is 14.3 Å². The number of benzene rings is 1. The summed E-state index contributed by atoms with van der Waals surface area (Å²) in [5.41, 5.74) is 4.15. The van der Waals surface area contributed by atoms with Gasteiger partial charge in [-0.2, -0.15) is 5.10 Å². The molecule has 0 amide bonds. The maximum Gasteiger partial charge on any atom is 0.327 e. The van der Waals surface area contributed by atoms with Crippen molar-refractivity contribution in [2.75, 3.05) is 6.61 Å². The van der Waals surface area contributed by atoms with E-state index in [-0.39, 0.29) is 12.5 Å². The number of carbonyl (C=O) groups is 1. The van der Waals surface area contributed by atoms with Crippen LogP contribution in [0.2, 0.25) is 0 Å². The summed E-state index contributed by atoms with van der Waals surface area (Å²) in [5, 5.41) is 4.51. The van der Waals surface area contributed by atoms with Gasteiger partial charge in [0.15, 0.2) is 11.4 Å². The van der Waals surface area contributed by atoms with Crippen LogP contribution in [0.15, 0.2) is 12.1 Å². The van der Waals surface area contributed by atoms with Gasteiger partial charge in [0.25, 0.3) is 0 Å². The van der Waals surface area contributed by atoms with Gasteiger partial charge in [0, 0.05) is 5.92 Å². The second kappa shape index (κ2) is 7.20. The first-order valence-corrected chi connectivity index (χ1v) is 8.84. The molecule has 1 fully saturated rings. The summed E-state index contributed by atoms with van der Waals surface area (Å²) in [6.07, 6.45) is 2.14. The maximum atomic E-state index is 11.9. The molecule has 26 heavy (non-hydrogen) atoms. The van der Waals surface area contributed by atoms with Gasteiger partial charge in [-0.25, -0.2) is 4.85 Å². The molecule has 0 N–H and O–H groups in total. The number of ether oxygens (including phenoxy) is 2. The highest BCUT2D eigenvalue weighted by atomic mass is 16.5. The van der Waals surface area contributed by atoms with Crippen LogP contribution in [0.25, 0.3) is 4.85 Å². The van der Waals surface area contributed by atoms with Crippen molar-refractivity contribution in [3.8, 4) is 11.5 Å². The summed E-state index contributed by atoms with van der Waals surface area (Å²) >= 11 is 0. The molecule has 1 heterocycles. The number of aromatic nitrogens is 2. The first-order chi connectivity index (χ1) is 12.4. The van der Waals surface area contributed by atoms with E-state index in [1.165, 1.54) is 0 Å². The molecule has 1 saturated carbocycles. The summed E-state index contributed by atoms with van der Waals surface area (Å²) in [4.78, 5) is 15.5. The molecule has 3 rings (SSSR count). The smallest absolute Gasteiger partial charge is 0.327 e. The molecular weight excluding hydrogens is 330 g/mol. The quantitative estimate of drug-likeness (QED) is 0.563. The summed E-state index contributed by atoms with van der Waals surface area (Å²) in [6, 6.07) is 3.75. The van der Waals surface area contributed by atoms with Crippen molar-refractivity contribution >= 4 is 11.7 Å². The van der Waals surface area contributed by atoms with E-state index >= 15 is 0 Å². The van der Waals surface area contributed by atoms with Crippen molar-refractivity contribution in [3.05, 3.63) is 46.1 Å². The van der Waals surface area contributed by atoms with Gasteiger partial charge in [0.2, 0.25) is 0 Å². The van der Waals surface area contributed by atoms with Gasteiger partial charge in [-0.1, -0.05) is 0 Å². The fourth-order valence-corrected chi connectivity index (χ4v) is 3.18. The molecule has 0 bridgehead atoms. The van der Waals surface area contributed by atoms with E-state index in [2.05, 4.69) is 9.94 Å². The third-order valence-corrected chi connectivity index (χ3v) is 4.45. The molecule has 136 valence electrons. The molecule has 0 saturated heterocycles. The normalized spacial score (nSPS) is 13.3. The average Bonchev–Trinajstić information content (AvgIpc) is 3.34. The highest BCUT2D eigenvalue weighted by Gasteiger charge is 2.33. The lowest BCUT2D eigenvalue weighted by atomic mass is 10.1. The Hall–Kier alpha value is -2.81. The highest BCUT2D eigenvalue weighted by Crippen LogP contribution is 2.46. The molecular formula is C20H23N3O3. The third-order valence-electron chi connectivity index (χ3n) is 4.45. The molecule has 6 nitrogen and oxygen atoms in total. The second-order valence-corrected chi connectivity index (χ2v) is 6.66. The van der Waals surface area contributed by atoms with Crippen LogP contribution in [0.4, 0.5) is 5.69 Å². The molecule has 1 aromatic carbocycles. The lowest BCUT2D eigenvalue weighted by Gasteiger charge is -2.12. The van der Waals surface area contributed by atoms with Crippen LogP contribution in [-0.4, -0.2) is 22.4 Å². The first-order valence-electron chi connectivity index (χ1n) is 8.84. The zero-order valence-electron chi connectivity index (χ0n) is 15.6. The van der Waals surface area contributed by atoms with Gasteiger partial charge in [-0.3, -0.25) is 9.48 Å². The minimum Gasteiger partial charge on any atom is -0.465 e. The van der Waals surface area contributed by atoms with E-state index < -0.39 is 0 Å². The molecule has 1 aliphatic carbocycles. The molecule has 1 aliphatic rings. The minimum atomic E-state index is -0.295. The van der Waals surface area contributed by atoms with Gasteiger partial charge in [0.05, 0.1) is 18.9 Å². The number of hydrogen-bond donors (Lipinski definition) is 0. The van der Waals surface area contributed by atoms with Crippen LogP contribution in [0.5, 0.6) is 11.5 Å². The highest BCUT2D eigenvalue weighted by molar-refractivity contribution is 5.69. The van der Waals surface area contributed by atoms with E-state index in [1.54, 1.807) is 11.6 Å². The zero-order valence-corrected chi connectivity index (χ0v) is 15.6. The van der Waals surface area contributed by atoms with Crippen LogP contribution in [-0.2, 0) is 16.1 Å². The topological polar surface area (TPSA) is 57.7 Å². The van der Waals surface area contributed by atoms with Gasteiger partial charge in [0.1, 0.15) is 18.0 Å². The average molecular weight is 353 g/mol. The van der Waals surface area contributed by atoms with Crippen LogP contribution < -0.4 is 4.74 Å². The molecule has 2 aromatic rings. The number of hydrogen-bond acceptors (Lipinski definition) is 4. The van der Waals surface area contributed by atoms with Gasteiger partial charge < -0.3 is 9.47 Å². The fourth-order valence-electron chi connectivity index (χ4n) is 3.18. The van der Waals surface area contributed by atoms with E-state index in [4.69, 9.17) is 16.0 Å². The van der Waals surface area contributed by atoms with Crippen LogP contribution >= 0.6 is 0 Å². The Bertz CT molecular complexity index is 865. The van der Waals surface area contributed by atoms with E-state index in [0.29, 0.717) is 29.7 Å². The van der Waals surface area contributed by atoms with Crippen LogP contribution in [0.3, 0.4) is 0 Å². The first kappa shape index (κ1) is 18.0. The predicted molar refractivity (Wildman–Crippen MR) is 97.8 cm³/mol. The summed E-state index contributed by atoms with van der Waals surface area (Å²) < 4.78 is 13.0. The van der Waals surface area contributed by atoms with Crippen molar-refractivity contribution in [2.45, 2.75) is 53.0 Å². The number of rotatable bonds is 6. The van der Waals surface area contributed by atoms with Crippen molar-refractivity contribution in [1.29, 1.82) is 0 Å².